The van der Waals surface area contributed by atoms with E-state index < -0.39 is 0 Å². The highest BCUT2D eigenvalue weighted by Crippen LogP contribution is 2.23. The van der Waals surface area contributed by atoms with Crippen LogP contribution < -0.4 is 10.9 Å². The molecule has 4 aromatic heterocycles. The van der Waals surface area contributed by atoms with Crippen molar-refractivity contribution in [3.8, 4) is 5.82 Å². The summed E-state index contributed by atoms with van der Waals surface area (Å²) >= 11 is 0. The molecule has 0 radical (unpaired) electrons. The predicted molar refractivity (Wildman–Crippen MR) is 127 cm³/mol. The third-order valence-corrected chi connectivity index (χ3v) is 5.92. The first-order chi connectivity index (χ1) is 15.7. The summed E-state index contributed by atoms with van der Waals surface area (Å²) in [4.78, 5) is 29.3. The van der Waals surface area contributed by atoms with Crippen molar-refractivity contribution in [2.45, 2.75) is 52.7 Å². The van der Waals surface area contributed by atoms with Gasteiger partial charge in [-0.25, -0.2) is 19.3 Å². The second kappa shape index (κ2) is 7.80. The number of pyridine rings is 1. The zero-order valence-corrected chi connectivity index (χ0v) is 19.7. The van der Waals surface area contributed by atoms with Gasteiger partial charge < -0.3 is 5.32 Å². The standard InChI is InChI=1S/C23H29N9O/c1-6-31-21(33)16-13-24-22(26-18-12-15-14-29(5)10-11-30(15)28-18)27-20(16)32(31)19-9-7-8-17(25-19)23(2,3)4/h7-9,12-13H,6,10-11,14H2,1-5H3,(H,24,26,27,28). The van der Waals surface area contributed by atoms with Crippen molar-refractivity contribution in [2.75, 3.05) is 18.9 Å². The predicted octanol–water partition coefficient (Wildman–Crippen LogP) is 2.68. The Hall–Kier alpha value is -3.53. The maximum atomic E-state index is 13.1. The Morgan fingerprint density at radius 2 is 1.97 bits per heavy atom. The number of nitrogens with one attached hydrogen (secondary N) is 1. The van der Waals surface area contributed by atoms with Crippen LogP contribution in [0.5, 0.6) is 0 Å². The molecule has 0 saturated heterocycles. The van der Waals surface area contributed by atoms with Crippen LogP contribution in [0.3, 0.4) is 0 Å². The van der Waals surface area contributed by atoms with Crippen LogP contribution in [-0.2, 0) is 25.0 Å². The number of aromatic nitrogens is 7. The van der Waals surface area contributed by atoms with Gasteiger partial charge in [-0.3, -0.25) is 14.4 Å². The van der Waals surface area contributed by atoms with Crippen molar-refractivity contribution in [1.29, 1.82) is 0 Å². The molecule has 0 amide bonds. The fourth-order valence-electron chi connectivity index (χ4n) is 4.14. The van der Waals surface area contributed by atoms with E-state index in [-0.39, 0.29) is 11.0 Å². The Morgan fingerprint density at radius 1 is 1.15 bits per heavy atom. The lowest BCUT2D eigenvalue weighted by atomic mass is 9.92. The molecule has 10 nitrogen and oxygen atoms in total. The normalized spacial score (nSPS) is 14.6. The van der Waals surface area contributed by atoms with Gasteiger partial charge in [-0.15, -0.1) is 0 Å². The van der Waals surface area contributed by atoms with Gasteiger partial charge >= 0.3 is 0 Å². The third-order valence-electron chi connectivity index (χ3n) is 5.92. The van der Waals surface area contributed by atoms with Crippen LogP contribution in [0.1, 0.15) is 39.1 Å². The number of fused-ring (bicyclic) bond motifs is 2. The third kappa shape index (κ3) is 3.80. The lowest BCUT2D eigenvalue weighted by Gasteiger charge is -2.22. The minimum absolute atomic E-state index is 0.119. The summed E-state index contributed by atoms with van der Waals surface area (Å²) in [5.41, 5.74) is 2.35. The number of hydrogen-bond donors (Lipinski definition) is 1. The molecular weight excluding hydrogens is 418 g/mol. The summed E-state index contributed by atoms with van der Waals surface area (Å²) in [7, 11) is 2.10. The van der Waals surface area contributed by atoms with Crippen molar-refractivity contribution >= 4 is 22.8 Å². The zero-order chi connectivity index (χ0) is 23.3. The average Bonchev–Trinajstić information content (AvgIpc) is 3.30. The van der Waals surface area contributed by atoms with Crippen molar-refractivity contribution in [3.05, 3.63) is 52.2 Å². The van der Waals surface area contributed by atoms with E-state index in [2.05, 4.69) is 48.1 Å². The van der Waals surface area contributed by atoms with Crippen LogP contribution in [0.2, 0.25) is 0 Å². The second-order valence-corrected chi connectivity index (χ2v) is 9.50. The number of rotatable bonds is 4. The van der Waals surface area contributed by atoms with Crippen LogP contribution in [0.15, 0.2) is 35.3 Å². The second-order valence-electron chi connectivity index (χ2n) is 9.50. The minimum Gasteiger partial charge on any atom is -0.307 e. The average molecular weight is 448 g/mol. The molecule has 0 bridgehead atoms. The molecule has 10 heteroatoms. The van der Waals surface area contributed by atoms with Gasteiger partial charge in [0.25, 0.3) is 5.56 Å². The lowest BCUT2D eigenvalue weighted by Crippen LogP contribution is -2.30. The molecule has 5 heterocycles. The van der Waals surface area contributed by atoms with E-state index in [4.69, 9.17) is 9.97 Å². The molecule has 1 N–H and O–H groups in total. The lowest BCUT2D eigenvalue weighted by molar-refractivity contribution is 0.259. The Morgan fingerprint density at radius 3 is 2.73 bits per heavy atom. The van der Waals surface area contributed by atoms with E-state index in [0.29, 0.717) is 35.2 Å². The summed E-state index contributed by atoms with van der Waals surface area (Å²) in [6, 6.07) is 7.88. The first-order valence-corrected chi connectivity index (χ1v) is 11.2. The number of likely N-dealkylation sites (N-methyl/N-ethyl adjacent to an activating group) is 1. The van der Waals surface area contributed by atoms with Gasteiger partial charge in [0.1, 0.15) is 5.39 Å². The van der Waals surface area contributed by atoms with E-state index in [9.17, 15) is 4.79 Å². The van der Waals surface area contributed by atoms with Crippen molar-refractivity contribution in [2.24, 2.45) is 0 Å². The summed E-state index contributed by atoms with van der Waals surface area (Å²) < 4.78 is 5.43. The van der Waals surface area contributed by atoms with Crippen LogP contribution in [-0.4, -0.2) is 52.6 Å². The number of nitrogens with zero attached hydrogens (tertiary/aromatic N) is 8. The fourth-order valence-corrected chi connectivity index (χ4v) is 4.14. The molecule has 33 heavy (non-hydrogen) atoms. The largest absolute Gasteiger partial charge is 0.307 e. The fraction of sp³-hybridized carbons (Fsp3) is 0.435. The Labute approximate surface area is 191 Å². The summed E-state index contributed by atoms with van der Waals surface area (Å²) in [5.74, 6) is 1.73. The molecule has 0 aliphatic carbocycles. The Balaban J connectivity index is 1.59. The Kier molecular flexibility index (Phi) is 5.04. The topological polar surface area (TPSA) is 98.7 Å². The molecule has 0 spiro atoms. The molecule has 1 aliphatic heterocycles. The molecule has 0 saturated carbocycles. The van der Waals surface area contributed by atoms with Crippen molar-refractivity contribution in [1.82, 2.24) is 39.0 Å². The first-order valence-electron chi connectivity index (χ1n) is 11.2. The van der Waals surface area contributed by atoms with Gasteiger partial charge in [0.15, 0.2) is 17.3 Å². The molecule has 4 aromatic rings. The van der Waals surface area contributed by atoms with Gasteiger partial charge in [0.2, 0.25) is 5.95 Å². The highest BCUT2D eigenvalue weighted by Gasteiger charge is 2.21. The molecule has 0 fully saturated rings. The van der Waals surface area contributed by atoms with Crippen LogP contribution >= 0.6 is 0 Å². The summed E-state index contributed by atoms with van der Waals surface area (Å²) in [6.07, 6.45) is 1.58. The molecular formula is C23H29N9O. The molecule has 1 aliphatic rings. The van der Waals surface area contributed by atoms with Crippen LogP contribution in [0.4, 0.5) is 11.8 Å². The van der Waals surface area contributed by atoms with E-state index in [1.165, 1.54) is 0 Å². The molecule has 5 rings (SSSR count). The maximum absolute atomic E-state index is 13.1. The van der Waals surface area contributed by atoms with E-state index >= 15 is 0 Å². The zero-order valence-electron chi connectivity index (χ0n) is 19.7. The van der Waals surface area contributed by atoms with Gasteiger partial charge in [0.05, 0.1) is 12.2 Å². The molecule has 0 unspecified atom stereocenters. The number of anilines is 2. The highest BCUT2D eigenvalue weighted by atomic mass is 16.1. The maximum Gasteiger partial charge on any atom is 0.278 e. The van der Waals surface area contributed by atoms with Gasteiger partial charge in [-0.1, -0.05) is 26.8 Å². The van der Waals surface area contributed by atoms with Crippen LogP contribution in [0, 0.1) is 0 Å². The quantitative estimate of drug-likeness (QED) is 0.513. The smallest absolute Gasteiger partial charge is 0.278 e. The van der Waals surface area contributed by atoms with Crippen molar-refractivity contribution in [3.63, 3.8) is 0 Å². The van der Waals surface area contributed by atoms with Gasteiger partial charge in [-0.2, -0.15) is 10.1 Å². The minimum atomic E-state index is -0.137. The first kappa shape index (κ1) is 21.3. The molecule has 0 atom stereocenters. The number of hydrogen-bond acceptors (Lipinski definition) is 7. The highest BCUT2D eigenvalue weighted by molar-refractivity contribution is 5.76. The van der Waals surface area contributed by atoms with Gasteiger partial charge in [0, 0.05) is 43.0 Å². The van der Waals surface area contributed by atoms with E-state index in [0.717, 1.165) is 31.0 Å². The SMILES string of the molecule is CCn1c(=O)c2cnc(Nc3cc4n(n3)CCN(C)C4)nc2n1-c1cccc(C(C)(C)C)n1. The van der Waals surface area contributed by atoms with Gasteiger partial charge in [-0.05, 0) is 26.1 Å². The van der Waals surface area contributed by atoms with Crippen molar-refractivity contribution < 1.29 is 0 Å². The molecule has 172 valence electrons. The monoisotopic (exact) mass is 447 g/mol. The summed E-state index contributed by atoms with van der Waals surface area (Å²) in [6.45, 7) is 11.4. The summed E-state index contributed by atoms with van der Waals surface area (Å²) in [5, 5.41) is 8.30. The Bertz CT molecular complexity index is 1390. The van der Waals surface area contributed by atoms with E-state index in [1.54, 1.807) is 15.6 Å². The van der Waals surface area contributed by atoms with Crippen LogP contribution in [0.25, 0.3) is 16.9 Å². The van der Waals surface area contributed by atoms with E-state index in [1.807, 2.05) is 35.9 Å². The molecule has 0 aromatic carbocycles.